The van der Waals surface area contributed by atoms with Crippen molar-refractivity contribution in [3.63, 3.8) is 0 Å². The summed E-state index contributed by atoms with van der Waals surface area (Å²) in [4.78, 5) is 51.7. The minimum absolute atomic E-state index is 0.0463. The maximum atomic E-state index is 12.9. The van der Waals surface area contributed by atoms with Gasteiger partial charge in [-0.25, -0.2) is 9.59 Å². The van der Waals surface area contributed by atoms with Crippen LogP contribution in [0.2, 0.25) is 0 Å². The average Bonchev–Trinajstić information content (AvgIpc) is 3.53. The second-order valence-corrected chi connectivity index (χ2v) is 9.09. The molecule has 9 heteroatoms. The van der Waals surface area contributed by atoms with Gasteiger partial charge in [0.1, 0.15) is 0 Å². The van der Waals surface area contributed by atoms with Crippen LogP contribution in [0.1, 0.15) is 42.5 Å². The van der Waals surface area contributed by atoms with E-state index < -0.39 is 18.6 Å². The number of ether oxygens (including phenoxy) is 1. The van der Waals surface area contributed by atoms with Gasteiger partial charge >= 0.3 is 12.0 Å². The van der Waals surface area contributed by atoms with Gasteiger partial charge in [-0.05, 0) is 49.4 Å². The molecule has 1 aliphatic rings. The van der Waals surface area contributed by atoms with Crippen molar-refractivity contribution >= 4 is 35.0 Å². The number of Topliss-reactive ketones (excluding diaryl/α,β-unsaturated/α-hetero) is 1. The van der Waals surface area contributed by atoms with E-state index in [1.54, 1.807) is 35.6 Å². The second kappa shape index (κ2) is 10.0. The Labute approximate surface area is 201 Å². The summed E-state index contributed by atoms with van der Waals surface area (Å²) in [6, 6.07) is 12.0. The molecule has 0 saturated carbocycles. The van der Waals surface area contributed by atoms with Crippen molar-refractivity contribution in [2.24, 2.45) is 0 Å². The second-order valence-electron chi connectivity index (χ2n) is 8.06. The minimum atomic E-state index is -0.678. The van der Waals surface area contributed by atoms with Crippen LogP contribution < -0.4 is 5.32 Å². The summed E-state index contributed by atoms with van der Waals surface area (Å²) in [6.45, 7) is 4.11. The highest BCUT2D eigenvalue weighted by Gasteiger charge is 2.29. The standard InChI is InChI=1S/C25H25N3O5S/c1-16-12-21(17(2)27(16)10-9-19-7-5-11-34-19)22(29)15-33-24(31)20-8-4-3-6-18(20)14-28-23(30)13-26-25(28)32/h3-8,11-12H,9-10,13-15H2,1-2H3,(H,26,32). The minimum Gasteiger partial charge on any atom is -0.454 e. The fourth-order valence-electron chi connectivity index (χ4n) is 4.03. The molecule has 3 aromatic rings. The van der Waals surface area contributed by atoms with Crippen LogP contribution in [0.5, 0.6) is 0 Å². The van der Waals surface area contributed by atoms with E-state index in [2.05, 4.69) is 16.0 Å². The molecule has 176 valence electrons. The van der Waals surface area contributed by atoms with Gasteiger partial charge in [-0.3, -0.25) is 14.5 Å². The van der Waals surface area contributed by atoms with Gasteiger partial charge in [-0.15, -0.1) is 11.3 Å². The molecule has 0 atom stereocenters. The summed E-state index contributed by atoms with van der Waals surface area (Å²) in [5.41, 5.74) is 3.03. The lowest BCUT2D eigenvalue weighted by molar-refractivity contribution is -0.125. The number of ketones is 1. The van der Waals surface area contributed by atoms with Crippen molar-refractivity contribution < 1.29 is 23.9 Å². The molecule has 1 N–H and O–H groups in total. The number of benzene rings is 1. The molecule has 0 bridgehead atoms. The van der Waals surface area contributed by atoms with Crippen molar-refractivity contribution in [3.05, 3.63) is 80.8 Å². The van der Waals surface area contributed by atoms with Gasteiger partial charge < -0.3 is 14.6 Å². The quantitative estimate of drug-likeness (QED) is 0.288. The zero-order valence-corrected chi connectivity index (χ0v) is 19.8. The number of rotatable bonds is 9. The van der Waals surface area contributed by atoms with E-state index in [4.69, 9.17) is 4.74 Å². The molecule has 3 amide bonds. The lowest BCUT2D eigenvalue weighted by Gasteiger charge is -2.15. The number of nitrogens with one attached hydrogen (secondary N) is 1. The first-order valence-corrected chi connectivity index (χ1v) is 11.8. The van der Waals surface area contributed by atoms with E-state index in [1.165, 1.54) is 4.88 Å². The first-order chi connectivity index (χ1) is 16.3. The van der Waals surface area contributed by atoms with Crippen LogP contribution in [0.3, 0.4) is 0 Å². The maximum Gasteiger partial charge on any atom is 0.338 e. The van der Waals surface area contributed by atoms with Crippen molar-refractivity contribution in [3.8, 4) is 0 Å². The van der Waals surface area contributed by atoms with Crippen molar-refractivity contribution in [2.75, 3.05) is 13.2 Å². The summed E-state index contributed by atoms with van der Waals surface area (Å²) in [5, 5.41) is 4.50. The number of esters is 1. The topological polar surface area (TPSA) is 97.7 Å². The third-order valence-corrected chi connectivity index (χ3v) is 6.81. The summed E-state index contributed by atoms with van der Waals surface area (Å²) in [7, 11) is 0. The summed E-state index contributed by atoms with van der Waals surface area (Å²) in [5.74, 6) is -1.32. The lowest BCUT2D eigenvalue weighted by Crippen LogP contribution is -2.31. The highest BCUT2D eigenvalue weighted by atomic mass is 32.1. The Hall–Kier alpha value is -3.72. The molecule has 34 heavy (non-hydrogen) atoms. The Bertz CT molecular complexity index is 1230. The smallest absolute Gasteiger partial charge is 0.338 e. The molecule has 1 aliphatic heterocycles. The predicted molar refractivity (Wildman–Crippen MR) is 127 cm³/mol. The first-order valence-electron chi connectivity index (χ1n) is 10.9. The molecule has 0 unspecified atom stereocenters. The SMILES string of the molecule is Cc1cc(C(=O)COC(=O)c2ccccc2CN2C(=O)CNC2=O)c(C)n1CCc1cccs1. The fraction of sp³-hybridized carbons (Fsp3) is 0.280. The van der Waals surface area contributed by atoms with E-state index >= 15 is 0 Å². The Morgan fingerprint density at radius 2 is 1.88 bits per heavy atom. The van der Waals surface area contributed by atoms with E-state index in [1.807, 2.05) is 31.4 Å². The van der Waals surface area contributed by atoms with Crippen molar-refractivity contribution in [1.29, 1.82) is 0 Å². The zero-order chi connectivity index (χ0) is 24.2. The number of thiophene rings is 1. The normalized spacial score (nSPS) is 13.3. The number of hydrogen-bond donors (Lipinski definition) is 1. The molecule has 0 radical (unpaired) electrons. The Kier molecular flexibility index (Phi) is 6.93. The molecule has 4 rings (SSSR count). The van der Waals surface area contributed by atoms with Gasteiger partial charge in [0.2, 0.25) is 11.7 Å². The molecule has 1 saturated heterocycles. The monoisotopic (exact) mass is 479 g/mol. The zero-order valence-electron chi connectivity index (χ0n) is 19.0. The van der Waals surface area contributed by atoms with Gasteiger partial charge in [0.25, 0.3) is 0 Å². The molecule has 3 heterocycles. The molecule has 1 fully saturated rings. The summed E-state index contributed by atoms with van der Waals surface area (Å²) >= 11 is 1.71. The van der Waals surface area contributed by atoms with Crippen LogP contribution in [-0.4, -0.2) is 46.3 Å². The molecular weight excluding hydrogens is 454 g/mol. The highest BCUT2D eigenvalue weighted by molar-refractivity contribution is 7.09. The molecule has 1 aromatic carbocycles. The summed E-state index contributed by atoms with van der Waals surface area (Å²) in [6.07, 6.45) is 0.880. The van der Waals surface area contributed by atoms with E-state index in [9.17, 15) is 19.2 Å². The van der Waals surface area contributed by atoms with Gasteiger partial charge in [0.05, 0.1) is 18.7 Å². The van der Waals surface area contributed by atoms with Crippen LogP contribution in [0.25, 0.3) is 0 Å². The van der Waals surface area contributed by atoms with Crippen molar-refractivity contribution in [2.45, 2.75) is 33.4 Å². The fourth-order valence-corrected chi connectivity index (χ4v) is 4.73. The van der Waals surface area contributed by atoms with E-state index in [-0.39, 0.29) is 30.3 Å². The molecule has 0 spiro atoms. The number of carbonyl (C=O) groups excluding carboxylic acids is 4. The van der Waals surface area contributed by atoms with E-state index in [0.717, 1.165) is 29.3 Å². The van der Waals surface area contributed by atoms with E-state index in [0.29, 0.717) is 11.1 Å². The highest BCUT2D eigenvalue weighted by Crippen LogP contribution is 2.19. The van der Waals surface area contributed by atoms with Crippen LogP contribution in [-0.2, 0) is 29.0 Å². The van der Waals surface area contributed by atoms with Crippen LogP contribution >= 0.6 is 11.3 Å². The largest absolute Gasteiger partial charge is 0.454 e. The molecule has 2 aromatic heterocycles. The predicted octanol–water partition coefficient (Wildman–Crippen LogP) is 3.50. The molecule has 0 aliphatic carbocycles. The number of aryl methyl sites for hydroxylation is 2. The first kappa shape index (κ1) is 23.4. The number of aromatic nitrogens is 1. The number of amides is 3. The number of carbonyl (C=O) groups is 4. The van der Waals surface area contributed by atoms with Gasteiger partial charge in [-0.1, -0.05) is 24.3 Å². The Morgan fingerprint density at radius 3 is 2.59 bits per heavy atom. The Balaban J connectivity index is 1.41. The Morgan fingerprint density at radius 1 is 1.09 bits per heavy atom. The van der Waals surface area contributed by atoms with Crippen LogP contribution in [0.15, 0.2) is 47.8 Å². The molecule has 8 nitrogen and oxygen atoms in total. The maximum absolute atomic E-state index is 12.9. The molecular formula is C25H25N3O5S. The number of urea groups is 1. The van der Waals surface area contributed by atoms with Crippen LogP contribution in [0, 0.1) is 13.8 Å². The number of hydrogen-bond acceptors (Lipinski definition) is 6. The summed E-state index contributed by atoms with van der Waals surface area (Å²) < 4.78 is 7.43. The third-order valence-electron chi connectivity index (χ3n) is 5.87. The van der Waals surface area contributed by atoms with Crippen molar-refractivity contribution in [1.82, 2.24) is 14.8 Å². The van der Waals surface area contributed by atoms with Crippen LogP contribution in [0.4, 0.5) is 4.79 Å². The number of nitrogens with zero attached hydrogens (tertiary/aromatic N) is 2. The van der Waals surface area contributed by atoms with Gasteiger partial charge in [0.15, 0.2) is 6.61 Å². The lowest BCUT2D eigenvalue weighted by atomic mass is 10.1. The number of imide groups is 1. The average molecular weight is 480 g/mol. The van der Waals surface area contributed by atoms with Gasteiger partial charge in [-0.2, -0.15) is 0 Å². The third kappa shape index (κ3) is 4.94. The van der Waals surface area contributed by atoms with Gasteiger partial charge in [0, 0.05) is 28.4 Å².